The normalized spacial score (nSPS) is 30.9. The minimum absolute atomic E-state index is 0.0387. The molecule has 1 heterocycles. The zero-order chi connectivity index (χ0) is 22.4. The van der Waals surface area contributed by atoms with Gasteiger partial charge in [-0.1, -0.05) is 12.7 Å². The highest BCUT2D eigenvalue weighted by Crippen LogP contribution is 2.36. The molecule has 1 saturated heterocycles. The summed E-state index contributed by atoms with van der Waals surface area (Å²) in [6.07, 6.45) is 2.73. The molecule has 0 aromatic rings. The first-order valence-corrected chi connectivity index (χ1v) is 9.70. The third kappa shape index (κ3) is 5.90. The molecule has 0 unspecified atom stereocenters. The van der Waals surface area contributed by atoms with Gasteiger partial charge >= 0.3 is 17.9 Å². The smallest absolute Gasteiger partial charge is 0.334 e. The van der Waals surface area contributed by atoms with E-state index in [1.54, 1.807) is 19.1 Å². The van der Waals surface area contributed by atoms with Gasteiger partial charge in [0.15, 0.2) is 0 Å². The molecule has 4 atom stereocenters. The Kier molecular flexibility index (Phi) is 8.14. The first-order valence-electron chi connectivity index (χ1n) is 9.70. The second kappa shape index (κ2) is 10.4. The number of hydrogen-bond acceptors (Lipinski definition) is 8. The lowest BCUT2D eigenvalue weighted by molar-refractivity contribution is -0.148. The molecule has 0 aromatic carbocycles. The zero-order valence-corrected chi connectivity index (χ0v) is 17.4. The van der Waals surface area contributed by atoms with E-state index in [2.05, 4.69) is 6.58 Å². The number of rotatable bonds is 5. The predicted molar refractivity (Wildman–Crippen MR) is 107 cm³/mol. The van der Waals surface area contributed by atoms with Crippen molar-refractivity contribution in [2.24, 2.45) is 5.92 Å². The second-order valence-corrected chi connectivity index (χ2v) is 7.44. The van der Waals surface area contributed by atoms with Crippen LogP contribution >= 0.6 is 0 Å². The molecule has 8 nitrogen and oxygen atoms in total. The van der Waals surface area contributed by atoms with E-state index >= 15 is 0 Å². The van der Waals surface area contributed by atoms with Gasteiger partial charge in [0, 0.05) is 24.5 Å². The summed E-state index contributed by atoms with van der Waals surface area (Å²) in [4.78, 5) is 36.0. The predicted octanol–water partition coefficient (Wildman–Crippen LogP) is 1.53. The standard InChI is InChI=1S/C22H28O8/c1-12(7-8-23)21(26)29-19-10-16(11-28-15(4)24)5-6-17(25)13(2)9-18-20(19)14(3)22(27)30-18/h5,7,9,17-20,23,25H,3,6,8,10-11H2,1-2,4H3/b12-7+,13-9+,16-5+/t17-,18-,19-,20+/m1/s1. The first-order chi connectivity index (χ1) is 14.1. The van der Waals surface area contributed by atoms with E-state index in [4.69, 9.17) is 19.3 Å². The number of aliphatic hydroxyl groups is 2. The van der Waals surface area contributed by atoms with E-state index < -0.39 is 42.1 Å². The van der Waals surface area contributed by atoms with Crippen LogP contribution in [0.2, 0.25) is 0 Å². The van der Waals surface area contributed by atoms with Crippen LogP contribution in [-0.2, 0) is 28.6 Å². The molecule has 30 heavy (non-hydrogen) atoms. The van der Waals surface area contributed by atoms with E-state index in [1.807, 2.05) is 0 Å². The van der Waals surface area contributed by atoms with E-state index in [1.165, 1.54) is 19.9 Å². The fourth-order valence-electron chi connectivity index (χ4n) is 3.36. The van der Waals surface area contributed by atoms with E-state index in [0.29, 0.717) is 11.1 Å². The van der Waals surface area contributed by atoms with Crippen molar-refractivity contribution < 1.29 is 38.8 Å². The molecule has 0 radical (unpaired) electrons. The van der Waals surface area contributed by atoms with Crippen molar-refractivity contribution in [1.82, 2.24) is 0 Å². The van der Waals surface area contributed by atoms with Crippen molar-refractivity contribution in [2.45, 2.75) is 51.9 Å². The average molecular weight is 420 g/mol. The van der Waals surface area contributed by atoms with Crippen LogP contribution in [0.4, 0.5) is 0 Å². The van der Waals surface area contributed by atoms with Gasteiger partial charge in [-0.2, -0.15) is 0 Å². The third-order valence-electron chi connectivity index (χ3n) is 5.15. The van der Waals surface area contributed by atoms with Crippen molar-refractivity contribution in [3.05, 3.63) is 47.1 Å². The average Bonchev–Trinajstić information content (AvgIpc) is 2.95. The molecule has 1 fully saturated rings. The van der Waals surface area contributed by atoms with Gasteiger partial charge in [0.2, 0.25) is 0 Å². The van der Waals surface area contributed by atoms with Crippen molar-refractivity contribution in [3.8, 4) is 0 Å². The van der Waals surface area contributed by atoms with Crippen molar-refractivity contribution in [2.75, 3.05) is 13.2 Å². The highest BCUT2D eigenvalue weighted by molar-refractivity contribution is 5.92. The molecule has 8 heteroatoms. The van der Waals surface area contributed by atoms with Gasteiger partial charge in [-0.15, -0.1) is 0 Å². The number of aliphatic hydroxyl groups excluding tert-OH is 2. The van der Waals surface area contributed by atoms with Gasteiger partial charge in [0.1, 0.15) is 18.8 Å². The molecular weight excluding hydrogens is 392 g/mol. The molecule has 1 aliphatic heterocycles. The van der Waals surface area contributed by atoms with Crippen molar-refractivity contribution in [3.63, 3.8) is 0 Å². The maximum absolute atomic E-state index is 12.5. The van der Waals surface area contributed by atoms with Gasteiger partial charge in [-0.05, 0) is 43.6 Å². The Morgan fingerprint density at radius 3 is 2.70 bits per heavy atom. The molecule has 2 N–H and O–H groups in total. The first kappa shape index (κ1) is 23.6. The number of hydrogen-bond donors (Lipinski definition) is 2. The quantitative estimate of drug-likeness (QED) is 0.297. The van der Waals surface area contributed by atoms with Crippen LogP contribution in [0.1, 0.15) is 33.6 Å². The van der Waals surface area contributed by atoms with Gasteiger partial charge in [-0.25, -0.2) is 9.59 Å². The lowest BCUT2D eigenvalue weighted by Gasteiger charge is -2.28. The SMILES string of the molecule is C=C1C(=O)O[C@@H]2/C=C(\C)[C@H](O)C/C=C(/COC(C)=O)C[C@@H](OC(=O)/C(C)=C/CO)[C@@H]12. The number of esters is 3. The lowest BCUT2D eigenvalue weighted by atomic mass is 9.85. The molecule has 0 saturated carbocycles. The fraction of sp³-hybridized carbons (Fsp3) is 0.500. The van der Waals surface area contributed by atoms with Gasteiger partial charge < -0.3 is 24.4 Å². The van der Waals surface area contributed by atoms with Crippen molar-refractivity contribution >= 4 is 17.9 Å². The van der Waals surface area contributed by atoms with E-state index in [-0.39, 0.29) is 37.2 Å². The Bertz CT molecular complexity index is 804. The van der Waals surface area contributed by atoms with Gasteiger partial charge in [0.05, 0.1) is 18.6 Å². The second-order valence-electron chi connectivity index (χ2n) is 7.44. The molecule has 1 aliphatic carbocycles. The minimum atomic E-state index is -0.829. The van der Waals surface area contributed by atoms with Crippen LogP contribution in [0.5, 0.6) is 0 Å². The lowest BCUT2D eigenvalue weighted by Crippen LogP contribution is -2.34. The molecule has 2 rings (SSSR count). The Morgan fingerprint density at radius 2 is 2.07 bits per heavy atom. The molecule has 0 bridgehead atoms. The summed E-state index contributed by atoms with van der Waals surface area (Å²) in [6.45, 7) is 7.96. The summed E-state index contributed by atoms with van der Waals surface area (Å²) in [5.74, 6) is -2.40. The number of carbonyl (C=O) groups excluding carboxylic acids is 3. The highest BCUT2D eigenvalue weighted by atomic mass is 16.6. The topological polar surface area (TPSA) is 119 Å². The molecule has 0 amide bonds. The van der Waals surface area contributed by atoms with Gasteiger partial charge in [-0.3, -0.25) is 4.79 Å². The van der Waals surface area contributed by atoms with E-state index in [0.717, 1.165) is 0 Å². The van der Waals surface area contributed by atoms with Crippen molar-refractivity contribution in [1.29, 1.82) is 0 Å². The Labute approximate surface area is 175 Å². The molecule has 0 aromatic heterocycles. The maximum atomic E-state index is 12.5. The molecule has 2 aliphatic rings. The van der Waals surface area contributed by atoms with Crippen LogP contribution in [0.3, 0.4) is 0 Å². The number of carbonyl (C=O) groups is 3. The molecule has 164 valence electrons. The van der Waals surface area contributed by atoms with Crippen LogP contribution in [0.15, 0.2) is 47.1 Å². The summed E-state index contributed by atoms with van der Waals surface area (Å²) in [5, 5.41) is 19.4. The van der Waals surface area contributed by atoms with Crippen LogP contribution in [0, 0.1) is 5.92 Å². The third-order valence-corrected chi connectivity index (χ3v) is 5.15. The monoisotopic (exact) mass is 420 g/mol. The Balaban J connectivity index is 2.44. The van der Waals surface area contributed by atoms with Crippen LogP contribution < -0.4 is 0 Å². The number of ether oxygens (including phenoxy) is 3. The number of fused-ring (bicyclic) bond motifs is 1. The van der Waals surface area contributed by atoms with Crippen LogP contribution in [0.25, 0.3) is 0 Å². The summed E-state index contributed by atoms with van der Waals surface area (Å²) in [7, 11) is 0. The van der Waals surface area contributed by atoms with E-state index in [9.17, 15) is 19.5 Å². The highest BCUT2D eigenvalue weighted by Gasteiger charge is 2.45. The Morgan fingerprint density at radius 1 is 1.37 bits per heavy atom. The maximum Gasteiger partial charge on any atom is 0.334 e. The summed E-state index contributed by atoms with van der Waals surface area (Å²) < 4.78 is 16.2. The van der Waals surface area contributed by atoms with Gasteiger partial charge in [0.25, 0.3) is 0 Å². The molecule has 0 spiro atoms. The minimum Gasteiger partial charge on any atom is -0.461 e. The van der Waals surface area contributed by atoms with Crippen LogP contribution in [-0.4, -0.2) is 59.6 Å². The fourth-order valence-corrected chi connectivity index (χ4v) is 3.36. The zero-order valence-electron chi connectivity index (χ0n) is 17.4. The summed E-state index contributed by atoms with van der Waals surface area (Å²) in [6, 6.07) is 0. The largest absolute Gasteiger partial charge is 0.461 e. The summed E-state index contributed by atoms with van der Waals surface area (Å²) >= 11 is 0. The summed E-state index contributed by atoms with van der Waals surface area (Å²) in [5.41, 5.74) is 1.60. The molecular formula is C22H28O8. The Hall–Kier alpha value is -2.71.